The molecule has 0 saturated carbocycles. The molecule has 0 aliphatic carbocycles. The third-order valence-electron chi connectivity index (χ3n) is 9.82. The Morgan fingerprint density at radius 1 is 0.898 bits per heavy atom. The van der Waals surface area contributed by atoms with Gasteiger partial charge in [0.1, 0.15) is 29.8 Å². The van der Waals surface area contributed by atoms with Crippen LogP contribution in [0.15, 0.2) is 73.1 Å². The average molecular weight is 836 g/mol. The average Bonchev–Trinajstić information content (AvgIpc) is 3.79. The second-order valence-electron chi connectivity index (χ2n) is 15.3. The number of benzene rings is 1. The summed E-state index contributed by atoms with van der Waals surface area (Å²) in [4.78, 5) is 30.4. The van der Waals surface area contributed by atoms with Crippen LogP contribution in [-0.4, -0.2) is 58.1 Å². The quantitative estimate of drug-likeness (QED) is 0.0349. The van der Waals surface area contributed by atoms with Crippen LogP contribution in [0.25, 0.3) is 5.52 Å². The number of phosphoric ester groups is 1. The van der Waals surface area contributed by atoms with Crippen LogP contribution in [0.1, 0.15) is 117 Å². The maximum absolute atomic E-state index is 14.3. The zero-order chi connectivity index (χ0) is 42.7. The van der Waals surface area contributed by atoms with E-state index < -0.39 is 62.1 Å². The van der Waals surface area contributed by atoms with Crippen LogP contribution in [-0.2, 0) is 43.0 Å². The number of ether oxygens (including phenoxy) is 3. The number of fused-ring (bicyclic) bond motifs is 1. The summed E-state index contributed by atoms with van der Waals surface area (Å²) in [5.74, 6) is -2.15. The van der Waals surface area contributed by atoms with Crippen molar-refractivity contribution in [1.29, 1.82) is 5.26 Å². The number of nitrogens with two attached hydrogens (primary N) is 1. The van der Waals surface area contributed by atoms with Crippen LogP contribution in [0.2, 0.25) is 0 Å². The first-order chi connectivity index (χ1) is 28.4. The Hall–Kier alpha value is -4.54. The van der Waals surface area contributed by atoms with Crippen molar-refractivity contribution in [3.05, 3.63) is 78.8 Å². The van der Waals surface area contributed by atoms with Gasteiger partial charge in [-0.15, -0.1) is 0 Å². The third kappa shape index (κ3) is 13.8. The molecule has 0 spiro atoms. The van der Waals surface area contributed by atoms with E-state index in [0.29, 0.717) is 11.9 Å². The van der Waals surface area contributed by atoms with Crippen molar-refractivity contribution >= 4 is 31.1 Å². The Labute approximate surface area is 349 Å². The molecule has 4 rings (SSSR count). The number of phosphoric acid groups is 1. The molecule has 1 aliphatic heterocycles. The minimum Gasteiger partial charge on any atom is -0.455 e. The Morgan fingerprint density at radius 2 is 1.54 bits per heavy atom. The normalized spacial score (nSPS) is 20.4. The molecule has 2 aromatic heterocycles. The highest BCUT2D eigenvalue weighted by atomic mass is 31.2. The number of anilines is 1. The van der Waals surface area contributed by atoms with Crippen LogP contribution in [0, 0.1) is 23.2 Å². The molecule has 1 aromatic carbocycles. The van der Waals surface area contributed by atoms with Crippen molar-refractivity contribution in [2.75, 3.05) is 18.9 Å². The first-order valence-electron chi connectivity index (χ1n) is 21.0. The van der Waals surface area contributed by atoms with Gasteiger partial charge in [0.05, 0.1) is 30.7 Å². The van der Waals surface area contributed by atoms with Crippen LogP contribution >= 0.6 is 7.82 Å². The van der Waals surface area contributed by atoms with Crippen LogP contribution < -0.4 is 10.3 Å². The second-order valence-corrected chi connectivity index (χ2v) is 16.9. The number of hydrogen-bond donors (Lipinski definition) is 1. The Balaban J connectivity index is 1.45. The summed E-state index contributed by atoms with van der Waals surface area (Å²) in [6, 6.07) is 13.8. The Bertz CT molecular complexity index is 1910. The third-order valence-corrected chi connectivity index (χ3v) is 11.2. The van der Waals surface area contributed by atoms with Crippen molar-refractivity contribution in [2.24, 2.45) is 11.8 Å². The summed E-state index contributed by atoms with van der Waals surface area (Å²) >= 11 is 0. The molecule has 1 fully saturated rings. The van der Waals surface area contributed by atoms with Gasteiger partial charge in [-0.2, -0.15) is 10.4 Å². The minimum absolute atomic E-state index is 0.0874. The van der Waals surface area contributed by atoms with Crippen molar-refractivity contribution < 1.29 is 41.9 Å². The molecule has 0 bridgehead atoms. The molecule has 2 N–H and O–H groups in total. The highest BCUT2D eigenvalue weighted by Gasteiger charge is 2.63. The standard InChI is InChI=1S/C44H62N5O9P/c1-6-7-8-9-10-11-12-13-14-15-16-17-18-19-20-24-29-53-59(52,58-35-25-22-21-23-26-35)54-30-37-39(55-42(50)33(2)3)40(56-43(51)34(4)5)44(31-45,57-37)38-28-27-36-41(46)47-32-48-49(36)38/h10-11,13-14,21-23,25-28,32-34,37,39-40H,6-9,12,15-20,24,29-30H2,1-5H3,(H2,46,47,48)/b11-10-,14-13-/t37-,39-,40-,44+,59?/m1/s1. The summed E-state index contributed by atoms with van der Waals surface area (Å²) in [5, 5.41) is 15.2. The van der Waals surface area contributed by atoms with Gasteiger partial charge in [0.2, 0.25) is 5.60 Å². The summed E-state index contributed by atoms with van der Waals surface area (Å²) in [5.41, 5.74) is 4.51. The summed E-state index contributed by atoms with van der Waals surface area (Å²) in [6.07, 6.45) is 18.8. The number of carbonyl (C=O) groups excluding carboxylic acids is 2. The van der Waals surface area contributed by atoms with Gasteiger partial charge in [0, 0.05) is 0 Å². The first-order valence-corrected chi connectivity index (χ1v) is 22.4. The molecule has 0 radical (unpaired) electrons. The molecule has 0 amide bonds. The smallest absolute Gasteiger partial charge is 0.455 e. The minimum atomic E-state index is -4.35. The number of nitrogens with zero attached hydrogens (tertiary/aromatic N) is 4. The van der Waals surface area contributed by atoms with Crippen molar-refractivity contribution in [3.63, 3.8) is 0 Å². The van der Waals surface area contributed by atoms with E-state index in [0.717, 1.165) is 51.4 Å². The number of nitrogen functional groups attached to an aromatic ring is 1. The van der Waals surface area contributed by atoms with E-state index >= 15 is 0 Å². The summed E-state index contributed by atoms with van der Waals surface area (Å²) in [7, 11) is -4.35. The Kier molecular flexibility index (Phi) is 19.1. The molecule has 322 valence electrons. The van der Waals surface area contributed by atoms with Gasteiger partial charge in [-0.3, -0.25) is 18.6 Å². The lowest BCUT2D eigenvalue weighted by molar-refractivity contribution is -0.173. The molecule has 1 unspecified atom stereocenters. The predicted molar refractivity (Wildman–Crippen MR) is 225 cm³/mol. The molecule has 1 aliphatic rings. The van der Waals surface area contributed by atoms with Gasteiger partial charge in [0.25, 0.3) is 0 Å². The maximum Gasteiger partial charge on any atom is 0.530 e. The number of esters is 2. The molecule has 3 aromatic rings. The van der Waals surface area contributed by atoms with E-state index in [4.69, 9.17) is 33.5 Å². The van der Waals surface area contributed by atoms with Crippen LogP contribution in [0.5, 0.6) is 5.75 Å². The number of allylic oxidation sites excluding steroid dienone is 4. The monoisotopic (exact) mass is 835 g/mol. The molecule has 5 atom stereocenters. The number of para-hydroxylation sites is 1. The number of rotatable bonds is 26. The van der Waals surface area contributed by atoms with Gasteiger partial charge in [-0.25, -0.2) is 14.1 Å². The fourth-order valence-electron chi connectivity index (χ4n) is 6.47. The van der Waals surface area contributed by atoms with E-state index in [1.165, 1.54) is 30.1 Å². The van der Waals surface area contributed by atoms with E-state index in [-0.39, 0.29) is 23.9 Å². The van der Waals surface area contributed by atoms with Crippen LogP contribution in [0.3, 0.4) is 0 Å². The van der Waals surface area contributed by atoms with E-state index in [1.54, 1.807) is 70.2 Å². The van der Waals surface area contributed by atoms with Gasteiger partial charge < -0.3 is 24.5 Å². The number of nitriles is 1. The molecule has 3 heterocycles. The maximum atomic E-state index is 14.3. The largest absolute Gasteiger partial charge is 0.530 e. The first kappa shape index (κ1) is 47.1. The van der Waals surface area contributed by atoms with Gasteiger partial charge in [-0.05, 0) is 62.8 Å². The molecule has 14 nitrogen and oxygen atoms in total. The van der Waals surface area contributed by atoms with Gasteiger partial charge in [-0.1, -0.05) is 116 Å². The summed E-state index contributed by atoms with van der Waals surface area (Å²) in [6.45, 7) is 8.31. The molecule has 1 saturated heterocycles. The summed E-state index contributed by atoms with van der Waals surface area (Å²) < 4.78 is 51.7. The molecule has 59 heavy (non-hydrogen) atoms. The second kappa shape index (κ2) is 23.9. The molecule has 15 heteroatoms. The zero-order valence-corrected chi connectivity index (χ0v) is 36.1. The van der Waals surface area contributed by atoms with Crippen molar-refractivity contribution in [1.82, 2.24) is 14.6 Å². The van der Waals surface area contributed by atoms with Gasteiger partial charge in [0.15, 0.2) is 18.0 Å². The Morgan fingerprint density at radius 3 is 2.20 bits per heavy atom. The van der Waals surface area contributed by atoms with Gasteiger partial charge >= 0.3 is 19.8 Å². The van der Waals surface area contributed by atoms with E-state index in [9.17, 15) is 19.4 Å². The molecular weight excluding hydrogens is 773 g/mol. The molecular formula is C44H62N5O9P. The fraction of sp³-hybridized carbons (Fsp3) is 0.568. The van der Waals surface area contributed by atoms with E-state index in [2.05, 4.69) is 47.4 Å². The zero-order valence-electron chi connectivity index (χ0n) is 35.2. The SMILES string of the molecule is CCCCC/C=C\C/C=C\CCCCCCCCOP(=O)(OC[C@H]1O[C@@](C#N)(c2ccc3c(N)ncnn23)[C@H](OC(=O)C(C)C)[C@@H]1OC(=O)C(C)C)Oc1ccccc1. The number of unbranched alkanes of at least 4 members (excludes halogenated alkanes) is 9. The predicted octanol–water partition coefficient (Wildman–Crippen LogP) is 9.60. The van der Waals surface area contributed by atoms with E-state index in [1.807, 2.05) is 0 Å². The lowest BCUT2D eigenvalue weighted by Gasteiger charge is -2.29. The number of aromatic nitrogens is 3. The van der Waals surface area contributed by atoms with Crippen LogP contribution in [0.4, 0.5) is 5.82 Å². The lowest BCUT2D eigenvalue weighted by Crippen LogP contribution is -2.47. The van der Waals surface area contributed by atoms with Crippen molar-refractivity contribution in [3.8, 4) is 11.8 Å². The number of carbonyl (C=O) groups is 2. The topological polar surface area (TPSA) is 187 Å². The lowest BCUT2D eigenvalue weighted by atomic mass is 9.92. The van der Waals surface area contributed by atoms with Crippen molar-refractivity contribution in [2.45, 2.75) is 136 Å². The highest BCUT2D eigenvalue weighted by Crippen LogP contribution is 2.51. The highest BCUT2D eigenvalue weighted by molar-refractivity contribution is 7.48. The fourth-order valence-corrected chi connectivity index (χ4v) is 7.71. The number of hydrogen-bond acceptors (Lipinski definition) is 13.